The van der Waals surface area contributed by atoms with Gasteiger partial charge in [-0.05, 0) is 63.8 Å². The maximum absolute atomic E-state index is 12.2. The van der Waals surface area contributed by atoms with Crippen LogP contribution in [0.5, 0.6) is 5.75 Å². The van der Waals surface area contributed by atoms with Gasteiger partial charge in [0.05, 0.1) is 12.2 Å². The Kier molecular flexibility index (Phi) is 4.94. The molecule has 0 aliphatic carbocycles. The third-order valence-corrected chi connectivity index (χ3v) is 4.61. The average molecular weight is 357 g/mol. The van der Waals surface area contributed by atoms with Crippen molar-refractivity contribution in [3.05, 3.63) is 36.2 Å². The lowest BCUT2D eigenvalue weighted by atomic mass is 10.0. The molecule has 1 aliphatic rings. The van der Waals surface area contributed by atoms with Crippen molar-refractivity contribution in [3.8, 4) is 16.9 Å². The van der Waals surface area contributed by atoms with Crippen molar-refractivity contribution < 1.29 is 14.6 Å². The van der Waals surface area contributed by atoms with E-state index in [0.29, 0.717) is 13.1 Å². The SMILES string of the molecule is Cc1cc(O)ccc1-c1cnn(C2CCN(C(=O)OC(C)(C)C)CC2)c1. The number of phenolic OH excluding ortho intramolecular Hbond substituents is 1. The van der Waals surface area contributed by atoms with E-state index in [2.05, 4.69) is 5.10 Å². The Bertz CT molecular complexity index is 784. The molecule has 1 saturated heterocycles. The highest BCUT2D eigenvalue weighted by Crippen LogP contribution is 2.29. The fourth-order valence-corrected chi connectivity index (χ4v) is 3.29. The van der Waals surface area contributed by atoms with Gasteiger partial charge in [0.2, 0.25) is 0 Å². The number of nitrogens with zero attached hydrogens (tertiary/aromatic N) is 3. The van der Waals surface area contributed by atoms with Crippen molar-refractivity contribution in [2.45, 2.75) is 52.2 Å². The quantitative estimate of drug-likeness (QED) is 0.877. The molecule has 2 aromatic rings. The van der Waals surface area contributed by atoms with Crippen LogP contribution in [0.3, 0.4) is 0 Å². The summed E-state index contributed by atoms with van der Waals surface area (Å²) in [6, 6.07) is 5.64. The Labute approximate surface area is 154 Å². The van der Waals surface area contributed by atoms with E-state index >= 15 is 0 Å². The van der Waals surface area contributed by atoms with Crippen LogP contribution in [0.2, 0.25) is 0 Å². The highest BCUT2D eigenvalue weighted by atomic mass is 16.6. The summed E-state index contributed by atoms with van der Waals surface area (Å²) in [7, 11) is 0. The third kappa shape index (κ3) is 4.18. The van der Waals surface area contributed by atoms with Crippen molar-refractivity contribution >= 4 is 6.09 Å². The Morgan fingerprint density at radius 1 is 1.27 bits per heavy atom. The van der Waals surface area contributed by atoms with E-state index in [4.69, 9.17) is 4.74 Å². The fourth-order valence-electron chi connectivity index (χ4n) is 3.29. The van der Waals surface area contributed by atoms with Gasteiger partial charge < -0.3 is 14.7 Å². The molecule has 0 radical (unpaired) electrons. The molecule has 1 amide bonds. The molecule has 0 bridgehead atoms. The van der Waals surface area contributed by atoms with Gasteiger partial charge in [-0.3, -0.25) is 4.68 Å². The lowest BCUT2D eigenvalue weighted by Crippen LogP contribution is -2.42. The number of hydrogen-bond donors (Lipinski definition) is 1. The second-order valence-electron chi connectivity index (χ2n) is 7.91. The van der Waals surface area contributed by atoms with Gasteiger partial charge in [0.15, 0.2) is 0 Å². The van der Waals surface area contributed by atoms with Crippen LogP contribution < -0.4 is 0 Å². The van der Waals surface area contributed by atoms with E-state index in [1.54, 1.807) is 17.0 Å². The van der Waals surface area contributed by atoms with Crippen molar-refractivity contribution in [1.82, 2.24) is 14.7 Å². The number of likely N-dealkylation sites (tertiary alicyclic amines) is 1. The number of carbonyl (C=O) groups excluding carboxylic acids is 1. The first-order chi connectivity index (χ1) is 12.2. The largest absolute Gasteiger partial charge is 0.508 e. The van der Waals surface area contributed by atoms with Crippen molar-refractivity contribution in [2.75, 3.05) is 13.1 Å². The second-order valence-corrected chi connectivity index (χ2v) is 7.91. The van der Waals surface area contributed by atoms with Crippen molar-refractivity contribution in [1.29, 1.82) is 0 Å². The number of aromatic nitrogens is 2. The van der Waals surface area contributed by atoms with Gasteiger partial charge >= 0.3 is 6.09 Å². The van der Waals surface area contributed by atoms with Crippen LogP contribution in [0, 0.1) is 6.92 Å². The number of piperidine rings is 1. The fraction of sp³-hybridized carbons (Fsp3) is 0.500. The van der Waals surface area contributed by atoms with Gasteiger partial charge in [0.25, 0.3) is 0 Å². The summed E-state index contributed by atoms with van der Waals surface area (Å²) in [6.07, 6.45) is 5.38. The zero-order valence-electron chi connectivity index (χ0n) is 15.9. The first-order valence-electron chi connectivity index (χ1n) is 9.05. The number of ether oxygens (including phenoxy) is 1. The molecule has 6 heteroatoms. The number of phenols is 1. The van der Waals surface area contributed by atoms with Gasteiger partial charge in [-0.25, -0.2) is 4.79 Å². The maximum Gasteiger partial charge on any atom is 0.410 e. The Balaban J connectivity index is 1.64. The summed E-state index contributed by atoms with van der Waals surface area (Å²) in [6.45, 7) is 8.97. The van der Waals surface area contributed by atoms with Crippen molar-refractivity contribution in [3.63, 3.8) is 0 Å². The molecule has 6 nitrogen and oxygen atoms in total. The van der Waals surface area contributed by atoms with E-state index < -0.39 is 5.60 Å². The molecule has 0 atom stereocenters. The van der Waals surface area contributed by atoms with Gasteiger partial charge in [-0.15, -0.1) is 0 Å². The van der Waals surface area contributed by atoms with Crippen LogP contribution in [0.4, 0.5) is 4.79 Å². The minimum absolute atomic E-state index is 0.239. The monoisotopic (exact) mass is 357 g/mol. The molecule has 0 spiro atoms. The summed E-state index contributed by atoms with van der Waals surface area (Å²) in [5, 5.41) is 14.1. The third-order valence-electron chi connectivity index (χ3n) is 4.61. The molecule has 1 aromatic carbocycles. The topological polar surface area (TPSA) is 67.6 Å². The molecule has 0 saturated carbocycles. The van der Waals surface area contributed by atoms with Gasteiger partial charge in [-0.1, -0.05) is 6.07 Å². The van der Waals surface area contributed by atoms with Crippen molar-refractivity contribution in [2.24, 2.45) is 0 Å². The standard InChI is InChI=1S/C20H27N3O3/c1-14-11-17(24)5-6-18(14)15-12-21-23(13-15)16-7-9-22(10-8-16)19(25)26-20(2,3)4/h5-6,11-13,16,24H,7-10H2,1-4H3. The zero-order chi connectivity index (χ0) is 18.9. The number of rotatable bonds is 2. The van der Waals surface area contributed by atoms with Crippen LogP contribution in [-0.4, -0.2) is 44.6 Å². The van der Waals surface area contributed by atoms with E-state index in [1.807, 2.05) is 50.8 Å². The normalized spacial score (nSPS) is 15.9. The summed E-state index contributed by atoms with van der Waals surface area (Å²) in [4.78, 5) is 13.9. The summed E-state index contributed by atoms with van der Waals surface area (Å²) in [5.74, 6) is 0.271. The summed E-state index contributed by atoms with van der Waals surface area (Å²) < 4.78 is 7.44. The molecule has 26 heavy (non-hydrogen) atoms. The molecule has 1 aliphatic heterocycles. The molecule has 140 valence electrons. The lowest BCUT2D eigenvalue weighted by molar-refractivity contribution is 0.0185. The smallest absolute Gasteiger partial charge is 0.410 e. The number of carbonyl (C=O) groups is 1. The Morgan fingerprint density at radius 2 is 1.96 bits per heavy atom. The lowest BCUT2D eigenvalue weighted by Gasteiger charge is -2.33. The molecule has 1 fully saturated rings. The van der Waals surface area contributed by atoms with E-state index in [1.165, 1.54) is 0 Å². The van der Waals surface area contributed by atoms with E-state index in [0.717, 1.165) is 29.5 Å². The molecule has 3 rings (SSSR count). The second kappa shape index (κ2) is 7.02. The van der Waals surface area contributed by atoms with Crippen LogP contribution in [0.1, 0.15) is 45.2 Å². The molecule has 0 unspecified atom stereocenters. The number of benzene rings is 1. The number of aryl methyl sites for hydroxylation is 1. The highest BCUT2D eigenvalue weighted by molar-refractivity contribution is 5.68. The van der Waals surface area contributed by atoms with Gasteiger partial charge in [-0.2, -0.15) is 5.10 Å². The average Bonchev–Trinajstić information content (AvgIpc) is 3.03. The van der Waals surface area contributed by atoms with Gasteiger partial charge in [0.1, 0.15) is 11.4 Å². The van der Waals surface area contributed by atoms with E-state index in [9.17, 15) is 9.90 Å². The van der Waals surface area contributed by atoms with Crippen LogP contribution in [0.15, 0.2) is 30.6 Å². The zero-order valence-corrected chi connectivity index (χ0v) is 15.9. The first kappa shape index (κ1) is 18.3. The molecule has 1 aromatic heterocycles. The van der Waals surface area contributed by atoms with Gasteiger partial charge in [0, 0.05) is 24.8 Å². The van der Waals surface area contributed by atoms with Crippen LogP contribution >= 0.6 is 0 Å². The van der Waals surface area contributed by atoms with Crippen LogP contribution in [-0.2, 0) is 4.74 Å². The predicted molar refractivity (Wildman–Crippen MR) is 100 cm³/mol. The first-order valence-corrected chi connectivity index (χ1v) is 9.05. The number of aromatic hydroxyl groups is 1. The summed E-state index contributed by atoms with van der Waals surface area (Å²) in [5.41, 5.74) is 2.66. The molecular formula is C20H27N3O3. The molecular weight excluding hydrogens is 330 g/mol. The number of amides is 1. The predicted octanol–water partition coefficient (Wildman–Crippen LogP) is 4.14. The molecule has 1 N–H and O–H groups in total. The molecule has 2 heterocycles. The van der Waals surface area contributed by atoms with E-state index in [-0.39, 0.29) is 17.9 Å². The Morgan fingerprint density at radius 3 is 2.58 bits per heavy atom. The minimum Gasteiger partial charge on any atom is -0.508 e. The highest BCUT2D eigenvalue weighted by Gasteiger charge is 2.27. The minimum atomic E-state index is -0.465. The number of hydrogen-bond acceptors (Lipinski definition) is 4. The maximum atomic E-state index is 12.2. The Hall–Kier alpha value is -2.50. The summed E-state index contributed by atoms with van der Waals surface area (Å²) >= 11 is 0. The van der Waals surface area contributed by atoms with Crippen LogP contribution in [0.25, 0.3) is 11.1 Å².